The molecule has 9 nitrogen and oxygen atoms in total. The molecule has 4 rings (SSSR count). The van der Waals surface area contributed by atoms with Crippen LogP contribution in [0.2, 0.25) is 0 Å². The van der Waals surface area contributed by atoms with E-state index in [1.54, 1.807) is 6.19 Å². The first-order chi connectivity index (χ1) is 17.0. The molecule has 0 saturated heterocycles. The zero-order valence-corrected chi connectivity index (χ0v) is 17.9. The molecule has 15 heteroatoms. The molecule has 0 fully saturated rings. The second kappa shape index (κ2) is 8.77. The van der Waals surface area contributed by atoms with Crippen molar-refractivity contribution in [2.75, 3.05) is 4.90 Å². The van der Waals surface area contributed by atoms with Gasteiger partial charge in [-0.05, 0) is 31.2 Å². The lowest BCUT2D eigenvalue weighted by Crippen LogP contribution is -2.26. The number of hydrogen-bond acceptors (Lipinski definition) is 8. The molecule has 0 aliphatic heterocycles. The first-order valence-corrected chi connectivity index (χ1v) is 9.84. The Labute approximate surface area is 197 Å². The molecule has 1 atom stereocenters. The summed E-state index contributed by atoms with van der Waals surface area (Å²) in [5.41, 5.74) is -3.73. The van der Waals surface area contributed by atoms with Gasteiger partial charge in [0.15, 0.2) is 23.7 Å². The second-order valence-corrected chi connectivity index (χ2v) is 7.31. The van der Waals surface area contributed by atoms with Gasteiger partial charge in [-0.1, -0.05) is 0 Å². The van der Waals surface area contributed by atoms with Crippen LogP contribution in [-0.2, 0) is 12.4 Å². The largest absolute Gasteiger partial charge is 0.418 e. The predicted molar refractivity (Wildman–Crippen MR) is 110 cm³/mol. The van der Waals surface area contributed by atoms with Crippen molar-refractivity contribution in [3.8, 4) is 18.1 Å². The quantitative estimate of drug-likeness (QED) is 0.226. The molecule has 182 valence electrons. The van der Waals surface area contributed by atoms with Gasteiger partial charge in [-0.15, -0.1) is 0 Å². The summed E-state index contributed by atoms with van der Waals surface area (Å²) in [5, 5.41) is 22.2. The van der Waals surface area contributed by atoms with Gasteiger partial charge in [0.2, 0.25) is 0 Å². The van der Waals surface area contributed by atoms with E-state index in [9.17, 15) is 31.6 Å². The molecular weight excluding hydrogens is 492 g/mol. The van der Waals surface area contributed by atoms with Crippen molar-refractivity contribution in [3.05, 3.63) is 65.6 Å². The standard InChI is InChI=1S/C21H11F6N9/c1-11(18-33-10-34-36(18)16-3-2-12(6-28)7-30-16)35(8-29)19-14-4-13(20(22,23)24)5-15(21(25,26)27)17(14)31-9-32-19/h2-5,7,9-11H,1H3. The maximum absolute atomic E-state index is 13.6. The van der Waals surface area contributed by atoms with E-state index in [1.165, 1.54) is 29.9 Å². The summed E-state index contributed by atoms with van der Waals surface area (Å²) in [7, 11) is 0. The van der Waals surface area contributed by atoms with Crippen molar-refractivity contribution >= 4 is 16.7 Å². The van der Waals surface area contributed by atoms with Gasteiger partial charge in [0, 0.05) is 11.6 Å². The topological polar surface area (TPSA) is 120 Å². The lowest BCUT2D eigenvalue weighted by Gasteiger charge is -2.24. The number of nitriles is 2. The molecule has 1 aromatic carbocycles. The van der Waals surface area contributed by atoms with Crippen LogP contribution in [0.4, 0.5) is 32.2 Å². The summed E-state index contributed by atoms with van der Waals surface area (Å²) in [6.07, 6.45) is -5.39. The number of benzene rings is 1. The molecule has 0 radical (unpaired) electrons. The molecule has 0 aliphatic carbocycles. The van der Waals surface area contributed by atoms with Crippen LogP contribution in [0.3, 0.4) is 0 Å². The van der Waals surface area contributed by atoms with Crippen molar-refractivity contribution in [2.45, 2.75) is 25.3 Å². The van der Waals surface area contributed by atoms with Crippen LogP contribution < -0.4 is 4.90 Å². The fourth-order valence-corrected chi connectivity index (χ4v) is 3.45. The lowest BCUT2D eigenvalue weighted by molar-refractivity contribution is -0.142. The average molecular weight is 503 g/mol. The summed E-state index contributed by atoms with van der Waals surface area (Å²) in [5.74, 6) is -0.213. The fraction of sp³-hybridized carbons (Fsp3) is 0.190. The number of pyridine rings is 1. The van der Waals surface area contributed by atoms with Crippen molar-refractivity contribution < 1.29 is 26.3 Å². The average Bonchev–Trinajstić information content (AvgIpc) is 3.33. The number of aromatic nitrogens is 6. The Bertz CT molecular complexity index is 1510. The van der Waals surface area contributed by atoms with Crippen molar-refractivity contribution in [1.82, 2.24) is 29.7 Å². The van der Waals surface area contributed by atoms with Crippen molar-refractivity contribution in [1.29, 1.82) is 10.5 Å². The van der Waals surface area contributed by atoms with Crippen molar-refractivity contribution in [3.63, 3.8) is 0 Å². The molecule has 3 aromatic heterocycles. The third-order valence-electron chi connectivity index (χ3n) is 5.12. The highest BCUT2D eigenvalue weighted by molar-refractivity contribution is 5.93. The molecule has 0 bridgehead atoms. The monoisotopic (exact) mass is 503 g/mol. The van der Waals surface area contributed by atoms with Gasteiger partial charge in [-0.3, -0.25) is 4.90 Å². The van der Waals surface area contributed by atoms with E-state index in [0.29, 0.717) is 6.07 Å². The Morgan fingerprint density at radius 2 is 1.69 bits per heavy atom. The minimum absolute atomic E-state index is 0.0353. The summed E-state index contributed by atoms with van der Waals surface area (Å²) in [6.45, 7) is 1.43. The molecule has 0 aliphatic rings. The lowest BCUT2D eigenvalue weighted by atomic mass is 10.0. The van der Waals surface area contributed by atoms with E-state index in [1.807, 2.05) is 6.07 Å². The van der Waals surface area contributed by atoms with E-state index in [0.717, 1.165) is 17.6 Å². The molecule has 0 N–H and O–H groups in total. The molecule has 4 aromatic rings. The third kappa shape index (κ3) is 4.34. The predicted octanol–water partition coefficient (Wildman–Crippen LogP) is 4.56. The zero-order valence-electron chi connectivity index (χ0n) is 17.9. The fourth-order valence-electron chi connectivity index (χ4n) is 3.45. The first-order valence-electron chi connectivity index (χ1n) is 9.84. The third-order valence-corrected chi connectivity index (χ3v) is 5.12. The van der Waals surface area contributed by atoms with Crippen LogP contribution >= 0.6 is 0 Å². The van der Waals surface area contributed by atoms with Crippen LogP contribution in [0.5, 0.6) is 0 Å². The second-order valence-electron chi connectivity index (χ2n) is 7.31. The van der Waals surface area contributed by atoms with E-state index in [2.05, 4.69) is 25.0 Å². The molecule has 0 spiro atoms. The molecule has 0 saturated carbocycles. The maximum Gasteiger partial charge on any atom is 0.418 e. The van der Waals surface area contributed by atoms with Gasteiger partial charge < -0.3 is 0 Å². The highest BCUT2D eigenvalue weighted by Gasteiger charge is 2.39. The van der Waals surface area contributed by atoms with E-state index >= 15 is 0 Å². The summed E-state index contributed by atoms with van der Waals surface area (Å²) in [4.78, 5) is 16.3. The van der Waals surface area contributed by atoms with E-state index in [-0.39, 0.29) is 23.3 Å². The molecular formula is C21H11F6N9. The van der Waals surface area contributed by atoms with Crippen LogP contribution in [0, 0.1) is 22.8 Å². The Kier molecular flexibility index (Phi) is 5.93. The molecule has 3 heterocycles. The van der Waals surface area contributed by atoms with Gasteiger partial charge in [0.1, 0.15) is 24.8 Å². The maximum atomic E-state index is 13.6. The Balaban J connectivity index is 1.88. The molecule has 36 heavy (non-hydrogen) atoms. The smallest absolute Gasteiger partial charge is 0.252 e. The van der Waals surface area contributed by atoms with Crippen molar-refractivity contribution in [2.24, 2.45) is 0 Å². The van der Waals surface area contributed by atoms with E-state index < -0.39 is 46.2 Å². The van der Waals surface area contributed by atoms with Gasteiger partial charge >= 0.3 is 12.4 Å². The Morgan fingerprint density at radius 3 is 2.28 bits per heavy atom. The first kappa shape index (κ1) is 24.3. The van der Waals surface area contributed by atoms with Crippen LogP contribution in [0.1, 0.15) is 35.5 Å². The number of nitrogens with zero attached hydrogens (tertiary/aromatic N) is 9. The molecule has 0 amide bonds. The highest BCUT2D eigenvalue weighted by atomic mass is 19.4. The van der Waals surface area contributed by atoms with Crippen LogP contribution in [-0.4, -0.2) is 29.7 Å². The summed E-state index contributed by atoms with van der Waals surface area (Å²) in [6, 6.07) is 4.16. The minimum Gasteiger partial charge on any atom is -0.252 e. The van der Waals surface area contributed by atoms with Crippen LogP contribution in [0.15, 0.2) is 43.1 Å². The zero-order chi connectivity index (χ0) is 26.3. The van der Waals surface area contributed by atoms with Gasteiger partial charge in [0.05, 0.1) is 22.2 Å². The number of alkyl halides is 6. The number of rotatable bonds is 4. The number of fused-ring (bicyclic) bond motifs is 1. The number of halogens is 6. The highest BCUT2D eigenvalue weighted by Crippen LogP contribution is 2.41. The summed E-state index contributed by atoms with van der Waals surface area (Å²) >= 11 is 0. The normalized spacial score (nSPS) is 12.7. The Hall–Kier alpha value is -4.79. The van der Waals surface area contributed by atoms with Gasteiger partial charge in [-0.2, -0.15) is 46.6 Å². The Morgan fingerprint density at radius 1 is 0.944 bits per heavy atom. The summed E-state index contributed by atoms with van der Waals surface area (Å²) < 4.78 is 82.4. The SMILES string of the molecule is CC(c1ncnn1-c1ccc(C#N)cn1)N(C#N)c1ncnc2c(C(F)(F)F)cc(C(F)(F)F)cc12. The number of anilines is 1. The van der Waals surface area contributed by atoms with Gasteiger partial charge in [-0.25, -0.2) is 19.9 Å². The minimum atomic E-state index is -5.16. The van der Waals surface area contributed by atoms with E-state index in [4.69, 9.17) is 5.26 Å². The number of hydrogen-bond donors (Lipinski definition) is 0. The van der Waals surface area contributed by atoms with Gasteiger partial charge in [0.25, 0.3) is 0 Å². The van der Waals surface area contributed by atoms with Crippen LogP contribution in [0.25, 0.3) is 16.7 Å². The molecule has 1 unspecified atom stereocenters.